The van der Waals surface area contributed by atoms with Gasteiger partial charge in [0.2, 0.25) is 0 Å². The summed E-state index contributed by atoms with van der Waals surface area (Å²) in [6.07, 6.45) is 0. The maximum absolute atomic E-state index is 2.41. The Bertz CT molecular complexity index is 3220. The van der Waals surface area contributed by atoms with Gasteiger partial charge in [-0.3, -0.25) is 0 Å². The van der Waals surface area contributed by atoms with Gasteiger partial charge >= 0.3 is 0 Å². The van der Waals surface area contributed by atoms with Crippen molar-refractivity contribution in [2.24, 2.45) is 0 Å². The van der Waals surface area contributed by atoms with Gasteiger partial charge in [-0.05, 0) is 98.8 Å². The molecule has 55 heavy (non-hydrogen) atoms. The molecule has 2 heterocycles. The number of anilines is 3. The Balaban J connectivity index is 1.08. The predicted molar refractivity (Wildman–Crippen MR) is 241 cm³/mol. The van der Waals surface area contributed by atoms with Crippen molar-refractivity contribution in [2.45, 2.75) is 0 Å². The molecule has 0 atom stereocenters. The van der Waals surface area contributed by atoms with Gasteiger partial charge in [0, 0.05) is 57.4 Å². The van der Waals surface area contributed by atoms with Crippen LogP contribution in [0.4, 0.5) is 17.1 Å². The summed E-state index contributed by atoms with van der Waals surface area (Å²) in [6, 6.07) is 73.4. The monoisotopic (exact) mass is 735 g/mol. The van der Waals surface area contributed by atoms with Crippen LogP contribution in [0.5, 0.6) is 0 Å². The van der Waals surface area contributed by atoms with Crippen molar-refractivity contribution in [1.29, 1.82) is 0 Å². The minimum absolute atomic E-state index is 1.11. The number of thiophene rings is 2. The van der Waals surface area contributed by atoms with Crippen LogP contribution < -0.4 is 4.90 Å². The lowest BCUT2D eigenvalue weighted by molar-refractivity contribution is 1.28. The highest BCUT2D eigenvalue weighted by Gasteiger charge is 2.18. The summed E-state index contributed by atoms with van der Waals surface area (Å²) in [5.41, 5.74) is 10.7. The molecule has 11 aromatic rings. The second kappa shape index (κ2) is 13.1. The fourth-order valence-electron chi connectivity index (χ4n) is 8.33. The average Bonchev–Trinajstić information content (AvgIpc) is 3.83. The van der Waals surface area contributed by atoms with Crippen molar-refractivity contribution in [3.63, 3.8) is 0 Å². The zero-order chi connectivity index (χ0) is 36.3. The summed E-state index contributed by atoms with van der Waals surface area (Å²) in [7, 11) is 0. The maximum Gasteiger partial charge on any atom is 0.0467 e. The molecule has 0 fully saturated rings. The zero-order valence-corrected chi connectivity index (χ0v) is 31.4. The SMILES string of the molecule is c1cc(-c2cccc3c2sc2ccccc23)cc(N(c2ccc(-c3cccc4ccccc34)cc2)c2cccc(-c3cccc4sc5ccccc5c34)c2)c1. The number of hydrogen-bond donors (Lipinski definition) is 0. The molecule has 0 saturated carbocycles. The van der Waals surface area contributed by atoms with Crippen LogP contribution in [0.25, 0.3) is 84.5 Å². The molecule has 9 aromatic carbocycles. The first-order chi connectivity index (χ1) is 27.3. The van der Waals surface area contributed by atoms with Crippen LogP contribution in [0.15, 0.2) is 200 Å². The molecule has 258 valence electrons. The lowest BCUT2D eigenvalue weighted by Crippen LogP contribution is -2.10. The smallest absolute Gasteiger partial charge is 0.0467 e. The van der Waals surface area contributed by atoms with Crippen molar-refractivity contribution >= 4 is 90.9 Å². The topological polar surface area (TPSA) is 3.24 Å². The van der Waals surface area contributed by atoms with Gasteiger partial charge < -0.3 is 4.90 Å². The minimum Gasteiger partial charge on any atom is -0.310 e. The van der Waals surface area contributed by atoms with Crippen molar-refractivity contribution in [2.75, 3.05) is 4.90 Å². The summed E-state index contributed by atoms with van der Waals surface area (Å²) >= 11 is 3.75. The van der Waals surface area contributed by atoms with Gasteiger partial charge in [-0.2, -0.15) is 0 Å². The highest BCUT2D eigenvalue weighted by atomic mass is 32.1. The van der Waals surface area contributed by atoms with Gasteiger partial charge in [-0.25, -0.2) is 0 Å². The largest absolute Gasteiger partial charge is 0.310 e. The van der Waals surface area contributed by atoms with E-state index < -0.39 is 0 Å². The molecule has 0 spiro atoms. The first-order valence-corrected chi connectivity index (χ1v) is 20.3. The molecule has 0 aliphatic heterocycles. The fourth-order valence-corrected chi connectivity index (χ4v) is 10.7. The van der Waals surface area contributed by atoms with Gasteiger partial charge in [0.25, 0.3) is 0 Å². The third kappa shape index (κ3) is 5.43. The van der Waals surface area contributed by atoms with Gasteiger partial charge in [0.15, 0.2) is 0 Å². The highest BCUT2D eigenvalue weighted by Crippen LogP contribution is 2.45. The van der Waals surface area contributed by atoms with E-state index in [2.05, 4.69) is 205 Å². The Hall–Kier alpha value is -6.52. The van der Waals surface area contributed by atoms with Crippen molar-refractivity contribution in [3.8, 4) is 33.4 Å². The fraction of sp³-hybridized carbons (Fsp3) is 0. The average molecular weight is 736 g/mol. The third-order valence-electron chi connectivity index (χ3n) is 10.9. The lowest BCUT2D eigenvalue weighted by atomic mass is 9.97. The number of nitrogens with zero attached hydrogens (tertiary/aromatic N) is 1. The molecule has 1 nitrogen and oxygen atoms in total. The number of rotatable bonds is 6. The van der Waals surface area contributed by atoms with Crippen LogP contribution in [0.3, 0.4) is 0 Å². The molecule has 0 amide bonds. The maximum atomic E-state index is 2.41. The van der Waals surface area contributed by atoms with Crippen LogP contribution in [-0.2, 0) is 0 Å². The van der Waals surface area contributed by atoms with Gasteiger partial charge in [-0.15, -0.1) is 22.7 Å². The van der Waals surface area contributed by atoms with Crippen molar-refractivity contribution < 1.29 is 0 Å². The molecule has 0 radical (unpaired) electrons. The first kappa shape index (κ1) is 32.0. The first-order valence-electron chi connectivity index (χ1n) is 18.7. The normalized spacial score (nSPS) is 11.6. The zero-order valence-electron chi connectivity index (χ0n) is 29.8. The van der Waals surface area contributed by atoms with Crippen LogP contribution >= 0.6 is 22.7 Å². The molecular weight excluding hydrogens is 703 g/mol. The van der Waals surface area contributed by atoms with E-state index in [-0.39, 0.29) is 0 Å². The highest BCUT2D eigenvalue weighted by molar-refractivity contribution is 7.26. The van der Waals surface area contributed by atoms with Gasteiger partial charge in [-0.1, -0.05) is 146 Å². The predicted octanol–water partition coefficient (Wildman–Crippen LogP) is 16.0. The van der Waals surface area contributed by atoms with Crippen molar-refractivity contribution in [1.82, 2.24) is 0 Å². The van der Waals surface area contributed by atoms with Gasteiger partial charge in [0.1, 0.15) is 0 Å². The molecule has 0 bridgehead atoms. The molecule has 0 saturated heterocycles. The Labute approximate surface area is 327 Å². The summed E-state index contributed by atoms with van der Waals surface area (Å²) in [4.78, 5) is 2.41. The summed E-state index contributed by atoms with van der Waals surface area (Å²) in [5.74, 6) is 0. The third-order valence-corrected chi connectivity index (χ3v) is 13.2. The Kier molecular flexibility index (Phi) is 7.61. The molecule has 11 rings (SSSR count). The molecule has 3 heteroatoms. The Morgan fingerprint density at radius 1 is 0.309 bits per heavy atom. The van der Waals surface area contributed by atoms with E-state index in [0.717, 1.165) is 17.1 Å². The lowest BCUT2D eigenvalue weighted by Gasteiger charge is -2.27. The second-order valence-corrected chi connectivity index (χ2v) is 16.2. The van der Waals surface area contributed by atoms with E-state index in [4.69, 9.17) is 0 Å². The second-order valence-electron chi connectivity index (χ2n) is 14.1. The Morgan fingerprint density at radius 3 is 1.65 bits per heavy atom. The van der Waals surface area contributed by atoms with Crippen LogP contribution in [-0.4, -0.2) is 0 Å². The van der Waals surface area contributed by atoms with Crippen LogP contribution in [0.1, 0.15) is 0 Å². The van der Waals surface area contributed by atoms with Crippen molar-refractivity contribution in [3.05, 3.63) is 200 Å². The summed E-state index contributed by atoms with van der Waals surface area (Å²) in [6.45, 7) is 0. The standard InChI is InChI=1S/C52H33NS2/c1-2-18-41-34(12-1)13-9-21-42(41)35-28-30-38(31-29-35)53(39-16-7-14-36(32-39)43-22-11-27-50-51(43)47-20-4-6-26-49(47)54-50)40-17-8-15-37(33-40)44-23-10-24-46-45-19-3-5-25-48(45)55-52(44)46/h1-33H. The Morgan fingerprint density at radius 2 is 0.855 bits per heavy atom. The molecule has 0 aliphatic carbocycles. The van der Waals surface area contributed by atoms with Gasteiger partial charge in [0.05, 0.1) is 0 Å². The number of fused-ring (bicyclic) bond motifs is 7. The molecule has 0 unspecified atom stereocenters. The van der Waals surface area contributed by atoms with E-state index in [9.17, 15) is 0 Å². The van der Waals surface area contributed by atoms with E-state index >= 15 is 0 Å². The number of benzene rings is 9. The quantitative estimate of drug-likeness (QED) is 0.164. The molecule has 0 aliphatic rings. The molecular formula is C52H33NS2. The van der Waals surface area contributed by atoms with E-state index in [0.29, 0.717) is 0 Å². The minimum atomic E-state index is 1.11. The summed E-state index contributed by atoms with van der Waals surface area (Å²) in [5, 5.41) is 7.78. The van der Waals surface area contributed by atoms with Crippen LogP contribution in [0, 0.1) is 0 Å². The summed E-state index contributed by atoms with van der Waals surface area (Å²) < 4.78 is 5.27. The number of hydrogen-bond acceptors (Lipinski definition) is 3. The van der Waals surface area contributed by atoms with E-state index in [1.165, 1.54) is 84.5 Å². The molecule has 2 aromatic heterocycles. The van der Waals surface area contributed by atoms with E-state index in [1.54, 1.807) is 0 Å². The molecule has 0 N–H and O–H groups in total. The van der Waals surface area contributed by atoms with Crippen LogP contribution in [0.2, 0.25) is 0 Å². The van der Waals surface area contributed by atoms with E-state index in [1.807, 2.05) is 22.7 Å².